The number of hydrogen-bond acceptors (Lipinski definition) is 2. The van der Waals surface area contributed by atoms with Gasteiger partial charge >= 0.3 is 0 Å². The van der Waals surface area contributed by atoms with E-state index in [1.807, 2.05) is 4.90 Å². The molecule has 0 aliphatic heterocycles. The third-order valence-corrected chi connectivity index (χ3v) is 4.30. The highest BCUT2D eigenvalue weighted by atomic mass is 16.2. The summed E-state index contributed by atoms with van der Waals surface area (Å²) in [4.78, 5) is 14.7. The van der Waals surface area contributed by atoms with Crippen molar-refractivity contribution in [2.24, 2.45) is 17.1 Å². The molecule has 106 valence electrons. The highest BCUT2D eigenvalue weighted by Crippen LogP contribution is 2.41. The summed E-state index contributed by atoms with van der Waals surface area (Å²) in [5.74, 6) is 0.549. The van der Waals surface area contributed by atoms with Crippen LogP contribution in [-0.2, 0) is 4.79 Å². The van der Waals surface area contributed by atoms with Crippen LogP contribution in [0.1, 0.15) is 59.3 Å². The number of rotatable bonds is 6. The van der Waals surface area contributed by atoms with Crippen molar-refractivity contribution in [3.8, 4) is 0 Å². The molecule has 1 unspecified atom stereocenters. The van der Waals surface area contributed by atoms with E-state index in [-0.39, 0.29) is 11.3 Å². The van der Waals surface area contributed by atoms with Crippen LogP contribution in [0.2, 0.25) is 0 Å². The number of amides is 1. The molecular formula is C15H30N2O. The van der Waals surface area contributed by atoms with Gasteiger partial charge in [0.2, 0.25) is 5.91 Å². The van der Waals surface area contributed by atoms with Crippen LogP contribution < -0.4 is 5.73 Å². The zero-order chi connectivity index (χ0) is 13.6. The summed E-state index contributed by atoms with van der Waals surface area (Å²) in [6.07, 6.45) is 6.90. The fraction of sp³-hybridized carbons (Fsp3) is 0.933. The maximum Gasteiger partial charge on any atom is 0.226 e. The molecule has 1 rings (SSSR count). The minimum atomic E-state index is 0.161. The molecule has 1 fully saturated rings. The third-order valence-electron chi connectivity index (χ3n) is 4.30. The lowest BCUT2D eigenvalue weighted by atomic mass is 9.68. The standard InChI is InChI=1S/C15H30N2O/c1-4-5-11-17(12-10-16)14(18)13-8-6-7-9-15(13,2)3/h13H,4-12,16H2,1-3H3. The number of nitrogens with zero attached hydrogens (tertiary/aromatic N) is 1. The van der Waals surface area contributed by atoms with Crippen molar-refractivity contribution in [3.63, 3.8) is 0 Å². The Kier molecular flexibility index (Phi) is 6.13. The number of carbonyl (C=O) groups excluding carboxylic acids is 1. The number of unbranched alkanes of at least 4 members (excludes halogenated alkanes) is 1. The number of nitrogens with two attached hydrogens (primary N) is 1. The fourth-order valence-electron chi connectivity index (χ4n) is 3.01. The Labute approximate surface area is 112 Å². The molecule has 0 spiro atoms. The van der Waals surface area contributed by atoms with Gasteiger partial charge in [-0.3, -0.25) is 4.79 Å². The Morgan fingerprint density at radius 1 is 1.33 bits per heavy atom. The van der Waals surface area contributed by atoms with Gasteiger partial charge in [0.15, 0.2) is 0 Å². The minimum Gasteiger partial charge on any atom is -0.341 e. The van der Waals surface area contributed by atoms with E-state index >= 15 is 0 Å². The lowest BCUT2D eigenvalue weighted by Gasteiger charge is -2.40. The van der Waals surface area contributed by atoms with E-state index in [9.17, 15) is 4.79 Å². The second-order valence-electron chi connectivity index (χ2n) is 6.25. The van der Waals surface area contributed by atoms with Crippen LogP contribution in [0.15, 0.2) is 0 Å². The van der Waals surface area contributed by atoms with Crippen LogP contribution in [0.25, 0.3) is 0 Å². The van der Waals surface area contributed by atoms with Gasteiger partial charge in [0.05, 0.1) is 0 Å². The van der Waals surface area contributed by atoms with Crippen molar-refractivity contribution in [1.29, 1.82) is 0 Å². The number of carbonyl (C=O) groups is 1. The first-order valence-corrected chi connectivity index (χ1v) is 7.51. The summed E-state index contributed by atoms with van der Waals surface area (Å²) in [6, 6.07) is 0. The lowest BCUT2D eigenvalue weighted by Crippen LogP contribution is -2.45. The van der Waals surface area contributed by atoms with E-state index in [2.05, 4.69) is 20.8 Å². The van der Waals surface area contributed by atoms with Gasteiger partial charge in [0.25, 0.3) is 0 Å². The average molecular weight is 254 g/mol. The maximum atomic E-state index is 12.7. The quantitative estimate of drug-likeness (QED) is 0.792. The molecule has 0 radical (unpaired) electrons. The van der Waals surface area contributed by atoms with Crippen molar-refractivity contribution in [1.82, 2.24) is 4.90 Å². The molecule has 0 heterocycles. The summed E-state index contributed by atoms with van der Waals surface area (Å²) < 4.78 is 0. The molecule has 0 bridgehead atoms. The Balaban J connectivity index is 2.67. The van der Waals surface area contributed by atoms with Crippen LogP contribution >= 0.6 is 0 Å². The maximum absolute atomic E-state index is 12.7. The first-order chi connectivity index (χ1) is 8.53. The van der Waals surface area contributed by atoms with Crippen molar-refractivity contribution in [2.75, 3.05) is 19.6 Å². The van der Waals surface area contributed by atoms with Crippen LogP contribution in [0.5, 0.6) is 0 Å². The number of hydrogen-bond donors (Lipinski definition) is 1. The van der Waals surface area contributed by atoms with Gasteiger partial charge in [-0.15, -0.1) is 0 Å². The van der Waals surface area contributed by atoms with Crippen LogP contribution in [0.3, 0.4) is 0 Å². The molecule has 0 aromatic heterocycles. The topological polar surface area (TPSA) is 46.3 Å². The predicted octanol–water partition coefficient (Wildman–Crippen LogP) is 2.79. The monoisotopic (exact) mass is 254 g/mol. The third kappa shape index (κ3) is 3.98. The Morgan fingerprint density at radius 3 is 2.61 bits per heavy atom. The van der Waals surface area contributed by atoms with Crippen molar-refractivity contribution in [2.45, 2.75) is 59.3 Å². The predicted molar refractivity (Wildman–Crippen MR) is 76.3 cm³/mol. The van der Waals surface area contributed by atoms with E-state index < -0.39 is 0 Å². The molecule has 1 aliphatic rings. The van der Waals surface area contributed by atoms with Crippen molar-refractivity contribution >= 4 is 5.91 Å². The average Bonchev–Trinajstić information content (AvgIpc) is 2.33. The molecule has 0 aromatic rings. The van der Waals surface area contributed by atoms with E-state index in [1.54, 1.807) is 0 Å². The second kappa shape index (κ2) is 7.13. The summed E-state index contributed by atoms with van der Waals surface area (Å²) in [7, 11) is 0. The van der Waals surface area contributed by atoms with Crippen LogP contribution in [0, 0.1) is 11.3 Å². The molecular weight excluding hydrogens is 224 g/mol. The molecule has 3 heteroatoms. The van der Waals surface area contributed by atoms with Crippen molar-refractivity contribution in [3.05, 3.63) is 0 Å². The molecule has 2 N–H and O–H groups in total. The largest absolute Gasteiger partial charge is 0.341 e. The zero-order valence-electron chi connectivity index (χ0n) is 12.4. The highest BCUT2D eigenvalue weighted by Gasteiger charge is 2.38. The van der Waals surface area contributed by atoms with E-state index in [0.717, 1.165) is 25.8 Å². The molecule has 1 amide bonds. The Bertz CT molecular complexity index is 263. The first kappa shape index (κ1) is 15.5. The summed E-state index contributed by atoms with van der Waals surface area (Å²) >= 11 is 0. The summed E-state index contributed by atoms with van der Waals surface area (Å²) in [6.45, 7) is 8.81. The smallest absolute Gasteiger partial charge is 0.226 e. The summed E-state index contributed by atoms with van der Waals surface area (Å²) in [5.41, 5.74) is 5.80. The van der Waals surface area contributed by atoms with Gasteiger partial charge < -0.3 is 10.6 Å². The van der Waals surface area contributed by atoms with Crippen LogP contribution in [0.4, 0.5) is 0 Å². The normalized spacial score (nSPS) is 22.8. The Morgan fingerprint density at radius 2 is 2.06 bits per heavy atom. The van der Waals surface area contributed by atoms with Crippen LogP contribution in [-0.4, -0.2) is 30.4 Å². The Hall–Kier alpha value is -0.570. The van der Waals surface area contributed by atoms with E-state index in [1.165, 1.54) is 19.3 Å². The molecule has 1 atom stereocenters. The molecule has 1 saturated carbocycles. The molecule has 18 heavy (non-hydrogen) atoms. The lowest BCUT2D eigenvalue weighted by molar-refractivity contribution is -0.141. The van der Waals surface area contributed by atoms with E-state index in [4.69, 9.17) is 5.73 Å². The van der Waals surface area contributed by atoms with Crippen molar-refractivity contribution < 1.29 is 4.79 Å². The van der Waals surface area contributed by atoms with Gasteiger partial charge in [-0.25, -0.2) is 0 Å². The van der Waals surface area contributed by atoms with Gasteiger partial charge in [0, 0.05) is 25.6 Å². The van der Waals surface area contributed by atoms with Gasteiger partial charge in [0.1, 0.15) is 0 Å². The molecule has 0 aromatic carbocycles. The fourth-order valence-corrected chi connectivity index (χ4v) is 3.01. The van der Waals surface area contributed by atoms with Gasteiger partial charge in [-0.2, -0.15) is 0 Å². The highest BCUT2D eigenvalue weighted by molar-refractivity contribution is 5.79. The van der Waals surface area contributed by atoms with E-state index in [0.29, 0.717) is 19.0 Å². The van der Waals surface area contributed by atoms with Gasteiger partial charge in [-0.1, -0.05) is 40.0 Å². The molecule has 0 saturated heterocycles. The second-order valence-corrected chi connectivity index (χ2v) is 6.25. The minimum absolute atomic E-state index is 0.161. The molecule has 3 nitrogen and oxygen atoms in total. The van der Waals surface area contributed by atoms with Gasteiger partial charge in [-0.05, 0) is 24.7 Å². The summed E-state index contributed by atoms with van der Waals surface area (Å²) in [5, 5.41) is 0. The zero-order valence-corrected chi connectivity index (χ0v) is 12.4. The SMILES string of the molecule is CCCCN(CCN)C(=O)C1CCCCC1(C)C. The molecule has 1 aliphatic carbocycles. The first-order valence-electron chi connectivity index (χ1n) is 7.51.